The van der Waals surface area contributed by atoms with E-state index in [9.17, 15) is 14.4 Å². The van der Waals surface area contributed by atoms with E-state index in [0.29, 0.717) is 19.3 Å². The van der Waals surface area contributed by atoms with Crippen molar-refractivity contribution in [3.63, 3.8) is 0 Å². The summed E-state index contributed by atoms with van der Waals surface area (Å²) in [5, 5.41) is 6.01. The Balaban J connectivity index is 1.54. The van der Waals surface area contributed by atoms with E-state index in [1.807, 2.05) is 74.5 Å². The number of nitrogens with zero attached hydrogens (tertiary/aromatic N) is 1. The van der Waals surface area contributed by atoms with Crippen LogP contribution in [0.3, 0.4) is 0 Å². The SMILES string of the molecule is CC[C@@H](C)C(=O)NC1C(=O)N2C(C(=O)NC(c3ccccc3)c3ccccc3)CC[C@@H]2O[C@@H]1C. The number of hydrogen-bond acceptors (Lipinski definition) is 4. The molecule has 2 saturated heterocycles. The molecule has 2 N–H and O–H groups in total. The molecule has 4 rings (SSSR count). The van der Waals surface area contributed by atoms with Crippen molar-refractivity contribution in [2.75, 3.05) is 0 Å². The summed E-state index contributed by atoms with van der Waals surface area (Å²) in [6, 6.07) is 17.8. The van der Waals surface area contributed by atoms with Crippen molar-refractivity contribution in [1.82, 2.24) is 15.5 Å². The zero-order chi connectivity index (χ0) is 24.2. The largest absolute Gasteiger partial charge is 0.353 e. The zero-order valence-corrected chi connectivity index (χ0v) is 19.9. The molecule has 7 heteroatoms. The summed E-state index contributed by atoms with van der Waals surface area (Å²) in [6.07, 6.45) is 0.866. The molecule has 2 unspecified atom stereocenters. The molecule has 0 bridgehead atoms. The fourth-order valence-corrected chi connectivity index (χ4v) is 4.70. The van der Waals surface area contributed by atoms with Gasteiger partial charge in [0.25, 0.3) is 5.91 Å². The van der Waals surface area contributed by atoms with Crippen LogP contribution in [0.25, 0.3) is 0 Å². The Morgan fingerprint density at radius 3 is 2.18 bits per heavy atom. The molecule has 2 aliphatic heterocycles. The van der Waals surface area contributed by atoms with Crippen molar-refractivity contribution in [3.8, 4) is 0 Å². The van der Waals surface area contributed by atoms with Crippen molar-refractivity contribution in [1.29, 1.82) is 0 Å². The minimum absolute atomic E-state index is 0.178. The van der Waals surface area contributed by atoms with Gasteiger partial charge in [-0.05, 0) is 37.3 Å². The maximum atomic E-state index is 13.5. The van der Waals surface area contributed by atoms with Crippen molar-refractivity contribution < 1.29 is 19.1 Å². The fraction of sp³-hybridized carbons (Fsp3) is 0.444. The lowest BCUT2D eigenvalue weighted by molar-refractivity contribution is -0.179. The van der Waals surface area contributed by atoms with Crippen molar-refractivity contribution in [2.45, 2.75) is 70.5 Å². The number of hydrogen-bond donors (Lipinski definition) is 2. The molecule has 180 valence electrons. The van der Waals surface area contributed by atoms with Gasteiger partial charge in [-0.15, -0.1) is 0 Å². The van der Waals surface area contributed by atoms with Crippen LogP contribution in [0.15, 0.2) is 60.7 Å². The average molecular weight is 464 g/mol. The van der Waals surface area contributed by atoms with E-state index < -0.39 is 24.4 Å². The summed E-state index contributed by atoms with van der Waals surface area (Å²) in [5.74, 6) is -0.858. The second-order valence-electron chi connectivity index (χ2n) is 9.19. The van der Waals surface area contributed by atoms with Crippen LogP contribution in [0.2, 0.25) is 0 Å². The summed E-state index contributed by atoms with van der Waals surface area (Å²) >= 11 is 0. The summed E-state index contributed by atoms with van der Waals surface area (Å²) in [7, 11) is 0. The highest BCUT2D eigenvalue weighted by molar-refractivity contribution is 5.94. The van der Waals surface area contributed by atoms with Gasteiger partial charge in [0.1, 0.15) is 18.3 Å². The predicted octanol–water partition coefficient (Wildman–Crippen LogP) is 3.16. The maximum Gasteiger partial charge on any atom is 0.250 e. The van der Waals surface area contributed by atoms with Gasteiger partial charge in [0.05, 0.1) is 12.1 Å². The fourth-order valence-electron chi connectivity index (χ4n) is 4.70. The summed E-state index contributed by atoms with van der Waals surface area (Å²) < 4.78 is 6.07. The molecule has 2 aromatic carbocycles. The van der Waals surface area contributed by atoms with Gasteiger partial charge in [-0.25, -0.2) is 0 Å². The molecule has 2 heterocycles. The summed E-state index contributed by atoms with van der Waals surface area (Å²) in [4.78, 5) is 41.0. The second kappa shape index (κ2) is 10.4. The van der Waals surface area contributed by atoms with Crippen LogP contribution in [0, 0.1) is 5.92 Å². The molecule has 2 aliphatic rings. The number of amides is 3. The molecule has 3 amide bonds. The third kappa shape index (κ3) is 4.85. The highest BCUT2D eigenvalue weighted by Crippen LogP contribution is 2.33. The van der Waals surface area contributed by atoms with E-state index >= 15 is 0 Å². The summed E-state index contributed by atoms with van der Waals surface area (Å²) in [6.45, 7) is 5.56. The molecule has 7 nitrogen and oxygen atoms in total. The van der Waals surface area contributed by atoms with E-state index in [-0.39, 0.29) is 29.7 Å². The van der Waals surface area contributed by atoms with Crippen LogP contribution in [-0.2, 0) is 19.1 Å². The number of rotatable bonds is 7. The van der Waals surface area contributed by atoms with Crippen LogP contribution in [0.4, 0.5) is 0 Å². The van der Waals surface area contributed by atoms with Gasteiger partial charge in [-0.3, -0.25) is 14.4 Å². The van der Waals surface area contributed by atoms with Gasteiger partial charge < -0.3 is 20.3 Å². The third-order valence-corrected chi connectivity index (χ3v) is 6.91. The number of nitrogens with one attached hydrogen (secondary N) is 2. The Hall–Kier alpha value is -3.19. The first-order valence-electron chi connectivity index (χ1n) is 12.1. The number of carbonyl (C=O) groups excluding carboxylic acids is 3. The molecule has 0 aliphatic carbocycles. The zero-order valence-electron chi connectivity index (χ0n) is 19.9. The number of benzene rings is 2. The predicted molar refractivity (Wildman–Crippen MR) is 128 cm³/mol. The quantitative estimate of drug-likeness (QED) is 0.660. The van der Waals surface area contributed by atoms with E-state index in [1.165, 1.54) is 4.90 Å². The Morgan fingerprint density at radius 1 is 1.03 bits per heavy atom. The molecule has 2 fully saturated rings. The van der Waals surface area contributed by atoms with Crippen LogP contribution >= 0.6 is 0 Å². The van der Waals surface area contributed by atoms with Gasteiger partial charge >= 0.3 is 0 Å². The smallest absolute Gasteiger partial charge is 0.250 e. The average Bonchev–Trinajstić information content (AvgIpc) is 3.29. The monoisotopic (exact) mass is 463 g/mol. The molecule has 0 saturated carbocycles. The molecule has 2 aromatic rings. The minimum atomic E-state index is -0.801. The molecule has 0 radical (unpaired) electrons. The Labute approximate surface area is 200 Å². The van der Waals surface area contributed by atoms with E-state index in [1.54, 1.807) is 6.92 Å². The van der Waals surface area contributed by atoms with Gasteiger partial charge in [-0.2, -0.15) is 0 Å². The van der Waals surface area contributed by atoms with Gasteiger partial charge in [0, 0.05) is 5.92 Å². The van der Waals surface area contributed by atoms with Crippen LogP contribution in [-0.4, -0.2) is 47.0 Å². The Morgan fingerprint density at radius 2 is 1.62 bits per heavy atom. The number of ether oxygens (including phenoxy) is 1. The van der Waals surface area contributed by atoms with E-state index in [4.69, 9.17) is 4.74 Å². The second-order valence-corrected chi connectivity index (χ2v) is 9.19. The lowest BCUT2D eigenvalue weighted by Crippen LogP contribution is -2.64. The topological polar surface area (TPSA) is 87.7 Å². The van der Waals surface area contributed by atoms with Crippen molar-refractivity contribution in [3.05, 3.63) is 71.8 Å². The molecule has 34 heavy (non-hydrogen) atoms. The normalized spacial score (nSPS) is 25.1. The number of fused-ring (bicyclic) bond motifs is 1. The first-order chi connectivity index (χ1) is 16.4. The minimum Gasteiger partial charge on any atom is -0.353 e. The maximum absolute atomic E-state index is 13.5. The first kappa shape index (κ1) is 24.0. The Bertz CT molecular complexity index is 974. The van der Waals surface area contributed by atoms with Crippen molar-refractivity contribution in [2.24, 2.45) is 5.92 Å². The van der Waals surface area contributed by atoms with Gasteiger partial charge in [-0.1, -0.05) is 74.5 Å². The van der Waals surface area contributed by atoms with Crippen LogP contribution < -0.4 is 10.6 Å². The molecule has 5 atom stereocenters. The van der Waals surface area contributed by atoms with Crippen LogP contribution in [0.1, 0.15) is 57.2 Å². The third-order valence-electron chi connectivity index (χ3n) is 6.91. The lowest BCUT2D eigenvalue weighted by Gasteiger charge is -2.41. The summed E-state index contributed by atoms with van der Waals surface area (Å²) in [5.41, 5.74) is 1.93. The highest BCUT2D eigenvalue weighted by atomic mass is 16.5. The molecule has 0 spiro atoms. The number of carbonyl (C=O) groups is 3. The van der Waals surface area contributed by atoms with E-state index in [2.05, 4.69) is 10.6 Å². The van der Waals surface area contributed by atoms with Crippen molar-refractivity contribution >= 4 is 17.7 Å². The van der Waals surface area contributed by atoms with Gasteiger partial charge in [0.2, 0.25) is 11.8 Å². The highest BCUT2D eigenvalue weighted by Gasteiger charge is 2.50. The van der Waals surface area contributed by atoms with Crippen LogP contribution in [0.5, 0.6) is 0 Å². The molecular weight excluding hydrogens is 430 g/mol. The molecular formula is C27H33N3O4. The first-order valence-corrected chi connectivity index (χ1v) is 12.1. The van der Waals surface area contributed by atoms with E-state index in [0.717, 1.165) is 11.1 Å². The molecule has 0 aromatic heterocycles. The Kier molecular flexibility index (Phi) is 7.32. The lowest BCUT2D eigenvalue weighted by atomic mass is 9.98. The van der Waals surface area contributed by atoms with Gasteiger partial charge in [0.15, 0.2) is 0 Å². The standard InChI is InChI=1S/C27H33N3O4/c1-4-17(2)25(31)28-23-18(3)34-22-16-15-21(30(22)27(23)33)26(32)29-24(19-11-7-5-8-12-19)20-13-9-6-10-14-20/h5-14,17-18,21-24H,4,15-16H2,1-3H3,(H,28,31)(H,29,32)/t17-,18-,21?,22+,23?/m1/s1.